The van der Waals surface area contributed by atoms with Gasteiger partial charge in [0.15, 0.2) is 28.5 Å². The third-order valence-corrected chi connectivity index (χ3v) is 11.1. The molecule has 228 valence electrons. The van der Waals surface area contributed by atoms with Gasteiger partial charge in [-0.2, -0.15) is 0 Å². The first kappa shape index (κ1) is 33.4. The highest BCUT2D eigenvalue weighted by molar-refractivity contribution is 6.40. The number of hydrogen-bond acceptors (Lipinski definition) is 5. The molecule has 0 aromatic carbocycles. The summed E-state index contributed by atoms with van der Waals surface area (Å²) in [6.07, 6.45) is 9.27. The van der Waals surface area contributed by atoms with E-state index in [4.69, 9.17) is 0 Å². The van der Waals surface area contributed by atoms with Gasteiger partial charge in [0.2, 0.25) is 0 Å². The molecule has 0 aliphatic heterocycles. The highest BCUT2D eigenvalue weighted by atomic mass is 16.3. The molecule has 0 amide bonds. The Kier molecular flexibility index (Phi) is 9.09. The minimum Gasteiger partial charge on any atom is -0.390 e. The van der Waals surface area contributed by atoms with Crippen LogP contribution in [0.5, 0.6) is 0 Å². The molecule has 4 rings (SSSR count). The van der Waals surface area contributed by atoms with Gasteiger partial charge in [0.25, 0.3) is 0 Å². The lowest BCUT2D eigenvalue weighted by molar-refractivity contribution is -0.191. The second-order valence-electron chi connectivity index (χ2n) is 15.1. The molecule has 41 heavy (non-hydrogen) atoms. The standard InChI is InChI=1S/C36H54O5/c1-12-25(7)28(37)36-30(39)34(18-17-24(6)15-13-14-22(2)3)21-26(32(36,8)9)20-27(33(10,11)41)35(29(34)38,31(36)40)19-16-23(4)5/h14,16-17,25-27,41H,12-13,15,18-21H2,1-11H3/b24-17+/t25?,26-,27+,34+,35+,36-/m0/s1. The minimum absolute atomic E-state index is 0.0955. The van der Waals surface area contributed by atoms with Gasteiger partial charge >= 0.3 is 0 Å². The van der Waals surface area contributed by atoms with Gasteiger partial charge < -0.3 is 5.11 Å². The number of rotatable bonds is 11. The summed E-state index contributed by atoms with van der Waals surface area (Å²) in [5.74, 6) is -3.22. The van der Waals surface area contributed by atoms with E-state index >= 15 is 14.4 Å². The third kappa shape index (κ3) is 4.88. The Labute approximate surface area is 248 Å². The Balaban J connectivity index is 2.41. The van der Waals surface area contributed by atoms with E-state index in [1.54, 1.807) is 20.8 Å². The highest BCUT2D eigenvalue weighted by Crippen LogP contribution is 2.72. The Morgan fingerprint density at radius 1 is 0.951 bits per heavy atom. The van der Waals surface area contributed by atoms with Crippen LogP contribution >= 0.6 is 0 Å². The Morgan fingerprint density at radius 3 is 2.05 bits per heavy atom. The Morgan fingerprint density at radius 2 is 1.54 bits per heavy atom. The van der Waals surface area contributed by atoms with Gasteiger partial charge in [-0.3, -0.25) is 19.2 Å². The molecule has 1 unspecified atom stereocenters. The molecule has 4 fully saturated rings. The topological polar surface area (TPSA) is 88.5 Å². The summed E-state index contributed by atoms with van der Waals surface area (Å²) in [4.78, 5) is 60.0. The van der Waals surface area contributed by atoms with Gasteiger partial charge in [0, 0.05) is 11.8 Å². The third-order valence-electron chi connectivity index (χ3n) is 11.1. The summed E-state index contributed by atoms with van der Waals surface area (Å²) in [7, 11) is 0. The molecular formula is C36H54O5. The van der Waals surface area contributed by atoms with Crippen LogP contribution in [0.3, 0.4) is 0 Å². The normalized spacial score (nSPS) is 33.5. The maximum atomic E-state index is 15.3. The lowest BCUT2D eigenvalue weighted by Crippen LogP contribution is -2.76. The van der Waals surface area contributed by atoms with Crippen molar-refractivity contribution < 1.29 is 24.3 Å². The van der Waals surface area contributed by atoms with E-state index in [1.165, 1.54) is 5.57 Å². The van der Waals surface area contributed by atoms with Gasteiger partial charge in [-0.25, -0.2) is 0 Å². The molecule has 1 N–H and O–H groups in total. The van der Waals surface area contributed by atoms with Gasteiger partial charge in [0.05, 0.1) is 16.4 Å². The molecule has 5 nitrogen and oxygen atoms in total. The molecule has 0 aromatic rings. The Bertz CT molecular complexity index is 1200. The molecule has 4 aliphatic rings. The predicted molar refractivity (Wildman–Crippen MR) is 164 cm³/mol. The first-order chi connectivity index (χ1) is 18.8. The maximum Gasteiger partial charge on any atom is 0.168 e. The van der Waals surface area contributed by atoms with E-state index in [2.05, 4.69) is 19.9 Å². The van der Waals surface area contributed by atoms with Crippen LogP contribution in [0.15, 0.2) is 34.9 Å². The van der Waals surface area contributed by atoms with E-state index in [1.807, 2.05) is 53.7 Å². The van der Waals surface area contributed by atoms with Crippen LogP contribution in [-0.2, 0) is 19.2 Å². The first-order valence-electron chi connectivity index (χ1n) is 15.6. The molecule has 4 bridgehead atoms. The van der Waals surface area contributed by atoms with Crippen molar-refractivity contribution in [1.82, 2.24) is 0 Å². The van der Waals surface area contributed by atoms with Crippen LogP contribution in [0, 0.1) is 39.4 Å². The van der Waals surface area contributed by atoms with Gasteiger partial charge in [0.1, 0.15) is 0 Å². The molecule has 0 saturated heterocycles. The summed E-state index contributed by atoms with van der Waals surface area (Å²) < 4.78 is 0. The van der Waals surface area contributed by atoms with Crippen LogP contribution in [0.25, 0.3) is 0 Å². The van der Waals surface area contributed by atoms with Crippen molar-refractivity contribution in [2.45, 2.75) is 127 Å². The van der Waals surface area contributed by atoms with Gasteiger partial charge in [-0.15, -0.1) is 0 Å². The number of aliphatic hydroxyl groups is 1. The average Bonchev–Trinajstić information content (AvgIpc) is 2.99. The van der Waals surface area contributed by atoms with Crippen LogP contribution in [0.1, 0.15) is 121 Å². The molecule has 0 heterocycles. The van der Waals surface area contributed by atoms with Crippen molar-refractivity contribution in [3.63, 3.8) is 0 Å². The molecule has 6 atom stereocenters. The SMILES string of the molecule is CCC(C)C(=O)[C@]12C(=O)[C@]3(C/C=C(\C)CCC=C(C)C)C[C@H](C[C@H](C(C)(C)O)[C@](CC=C(C)C)(C3=O)C1=O)C2(C)C. The van der Waals surface area contributed by atoms with Gasteiger partial charge in [-0.1, -0.05) is 62.6 Å². The zero-order valence-corrected chi connectivity index (χ0v) is 27.5. The fraction of sp³-hybridized carbons (Fsp3) is 0.722. The fourth-order valence-corrected chi connectivity index (χ4v) is 8.35. The number of carbonyl (C=O) groups excluding carboxylic acids is 4. The van der Waals surface area contributed by atoms with E-state index in [0.29, 0.717) is 19.3 Å². The largest absolute Gasteiger partial charge is 0.390 e. The summed E-state index contributed by atoms with van der Waals surface area (Å²) in [5.41, 5.74) is -4.11. The van der Waals surface area contributed by atoms with Crippen molar-refractivity contribution >= 4 is 23.1 Å². The van der Waals surface area contributed by atoms with Crippen LogP contribution in [-0.4, -0.2) is 33.8 Å². The number of fused-ring (bicyclic) bond motifs is 1. The molecule has 4 saturated carbocycles. The molecular weight excluding hydrogens is 512 g/mol. The summed E-state index contributed by atoms with van der Waals surface area (Å²) in [5, 5.41) is 11.6. The highest BCUT2D eigenvalue weighted by Gasteiger charge is 2.84. The number of ketones is 4. The van der Waals surface area contributed by atoms with E-state index in [9.17, 15) is 9.90 Å². The van der Waals surface area contributed by atoms with Crippen LogP contribution < -0.4 is 0 Å². The van der Waals surface area contributed by atoms with Crippen LogP contribution in [0.4, 0.5) is 0 Å². The number of carbonyl (C=O) groups is 4. The summed E-state index contributed by atoms with van der Waals surface area (Å²) in [6.45, 7) is 20.8. The Hall–Kier alpha value is -2.14. The quantitative estimate of drug-likeness (QED) is 0.206. The first-order valence-corrected chi connectivity index (χ1v) is 15.6. The summed E-state index contributed by atoms with van der Waals surface area (Å²) in [6, 6.07) is 0. The summed E-state index contributed by atoms with van der Waals surface area (Å²) >= 11 is 0. The second-order valence-corrected chi connectivity index (χ2v) is 15.1. The molecule has 0 spiro atoms. The zero-order valence-electron chi connectivity index (χ0n) is 27.5. The van der Waals surface area contributed by atoms with E-state index in [0.717, 1.165) is 24.0 Å². The second kappa shape index (κ2) is 11.2. The predicted octanol–water partition coefficient (Wildman–Crippen LogP) is 7.56. The van der Waals surface area contributed by atoms with E-state index in [-0.39, 0.29) is 30.3 Å². The molecule has 5 heteroatoms. The monoisotopic (exact) mass is 566 g/mol. The van der Waals surface area contributed by atoms with E-state index < -0.39 is 50.7 Å². The number of Topliss-reactive ketones (excluding diaryl/α,β-unsaturated/α-hetero) is 4. The van der Waals surface area contributed by atoms with Crippen molar-refractivity contribution in [2.75, 3.05) is 0 Å². The lowest BCUT2D eigenvalue weighted by Gasteiger charge is -2.61. The number of hydrogen-bond donors (Lipinski definition) is 1. The average molecular weight is 567 g/mol. The lowest BCUT2D eigenvalue weighted by atomic mass is 9.36. The molecule has 0 radical (unpaired) electrons. The van der Waals surface area contributed by atoms with Gasteiger partial charge in [-0.05, 0) is 105 Å². The number of allylic oxidation sites excluding steroid dienone is 6. The minimum atomic E-state index is -1.92. The smallest absolute Gasteiger partial charge is 0.168 e. The fourth-order valence-electron chi connectivity index (χ4n) is 8.35. The molecule has 0 aromatic heterocycles. The van der Waals surface area contributed by atoms with Crippen molar-refractivity contribution in [3.8, 4) is 0 Å². The van der Waals surface area contributed by atoms with Crippen molar-refractivity contribution in [1.29, 1.82) is 0 Å². The maximum absolute atomic E-state index is 15.3. The van der Waals surface area contributed by atoms with Crippen molar-refractivity contribution in [3.05, 3.63) is 34.9 Å². The zero-order chi connectivity index (χ0) is 31.3. The van der Waals surface area contributed by atoms with Crippen molar-refractivity contribution in [2.24, 2.45) is 39.4 Å². The molecule has 4 aliphatic carbocycles. The van der Waals surface area contributed by atoms with Crippen LogP contribution in [0.2, 0.25) is 0 Å².